The van der Waals surface area contributed by atoms with Gasteiger partial charge >= 0.3 is 5.97 Å². The van der Waals surface area contributed by atoms with Gasteiger partial charge < -0.3 is 19.4 Å². The number of carbonyl (C=O) groups is 3. The van der Waals surface area contributed by atoms with Crippen LogP contribution in [-0.2, 0) is 31.3 Å². The molecule has 0 radical (unpaired) electrons. The second-order valence-electron chi connectivity index (χ2n) is 15.6. The number of carboxylic acids is 1. The Hall–Kier alpha value is -3.58. The van der Waals surface area contributed by atoms with Gasteiger partial charge in [0, 0.05) is 17.9 Å². The second-order valence-corrected chi connectivity index (χ2v) is 17.6. The van der Waals surface area contributed by atoms with Gasteiger partial charge in [-0.3, -0.25) is 9.59 Å². The summed E-state index contributed by atoms with van der Waals surface area (Å²) in [6.07, 6.45) is 3.50. The van der Waals surface area contributed by atoms with Crippen molar-refractivity contribution in [1.82, 2.24) is 0 Å². The molecule has 2 unspecified atom stereocenters. The van der Waals surface area contributed by atoms with Crippen LogP contribution in [0.4, 0.5) is 0 Å². The van der Waals surface area contributed by atoms with Crippen LogP contribution >= 0.6 is 0 Å². The molecule has 242 valence electrons. The van der Waals surface area contributed by atoms with Crippen LogP contribution in [0.25, 0.3) is 0 Å². The number of benzene rings is 3. The molecule has 4 aliphatic carbocycles. The molecule has 3 aromatic carbocycles. The highest BCUT2D eigenvalue weighted by Gasteiger charge is 2.59. The molecule has 6 nitrogen and oxygen atoms in total. The van der Waals surface area contributed by atoms with E-state index in [0.717, 1.165) is 29.1 Å². The van der Waals surface area contributed by atoms with Crippen molar-refractivity contribution in [3.8, 4) is 11.5 Å². The minimum Gasteiger partial charge on any atom is -0.545 e. The number of carbonyl (C=O) groups excluding carboxylic acids is 3. The number of ketones is 1. The number of rotatable bonds is 7. The van der Waals surface area contributed by atoms with Gasteiger partial charge in [-0.2, -0.15) is 0 Å². The number of hydrogen-bond donors (Lipinski definition) is 0. The third-order valence-corrected chi connectivity index (χ3v) is 12.5. The Balaban J connectivity index is 1.46. The quantitative estimate of drug-likeness (QED) is 0.156. The summed E-state index contributed by atoms with van der Waals surface area (Å²) in [4.78, 5) is 41.9. The molecule has 0 heterocycles. The van der Waals surface area contributed by atoms with Crippen LogP contribution in [0.2, 0.25) is 0 Å². The van der Waals surface area contributed by atoms with Gasteiger partial charge in [0.1, 0.15) is 16.7 Å². The summed E-state index contributed by atoms with van der Waals surface area (Å²) in [5.41, 5.74) is 1.52. The van der Waals surface area contributed by atoms with Gasteiger partial charge in [-0.15, -0.1) is 0 Å². The number of ether oxygens (including phenoxy) is 2. The highest BCUT2D eigenvalue weighted by atomic mass is 32.2. The Morgan fingerprint density at radius 3 is 1.72 bits per heavy atom. The predicted molar refractivity (Wildman–Crippen MR) is 176 cm³/mol. The van der Waals surface area contributed by atoms with E-state index in [-0.39, 0.29) is 45.7 Å². The smallest absolute Gasteiger partial charge is 0.317 e. The Bertz CT molecular complexity index is 1600. The maximum Gasteiger partial charge on any atom is 0.317 e. The lowest BCUT2D eigenvalue weighted by Gasteiger charge is -2.53. The van der Waals surface area contributed by atoms with Crippen LogP contribution in [0.1, 0.15) is 95.1 Å². The lowest BCUT2D eigenvalue weighted by Crippen LogP contribution is -2.55. The molecule has 3 aromatic rings. The Labute approximate surface area is 275 Å². The fourth-order valence-electron chi connectivity index (χ4n) is 7.89. The summed E-state index contributed by atoms with van der Waals surface area (Å²) < 4.78 is 11.8. The zero-order valence-corrected chi connectivity index (χ0v) is 28.7. The third kappa shape index (κ3) is 5.87. The number of aromatic carboxylic acids is 1. The van der Waals surface area contributed by atoms with E-state index in [1.807, 2.05) is 0 Å². The van der Waals surface area contributed by atoms with Gasteiger partial charge in [0.15, 0.2) is 26.2 Å². The summed E-state index contributed by atoms with van der Waals surface area (Å²) in [5.74, 6) is -0.828. The Morgan fingerprint density at radius 1 is 0.783 bits per heavy atom. The van der Waals surface area contributed by atoms with E-state index in [2.05, 4.69) is 90.1 Å². The van der Waals surface area contributed by atoms with E-state index in [1.54, 1.807) is 6.07 Å². The summed E-state index contributed by atoms with van der Waals surface area (Å²) in [5, 5.41) is 12.7. The average Bonchev–Trinajstić information content (AvgIpc) is 2.99. The normalized spacial score (nSPS) is 23.9. The van der Waals surface area contributed by atoms with Crippen molar-refractivity contribution in [1.29, 1.82) is 0 Å². The van der Waals surface area contributed by atoms with Crippen molar-refractivity contribution >= 4 is 28.6 Å². The first-order chi connectivity index (χ1) is 21.6. The van der Waals surface area contributed by atoms with E-state index >= 15 is 0 Å². The van der Waals surface area contributed by atoms with Gasteiger partial charge in [-0.25, -0.2) is 0 Å². The summed E-state index contributed by atoms with van der Waals surface area (Å²) in [6.45, 7) is 12.9. The van der Waals surface area contributed by atoms with E-state index in [4.69, 9.17) is 9.47 Å². The van der Waals surface area contributed by atoms with Crippen molar-refractivity contribution in [3.63, 3.8) is 0 Å². The monoisotopic (exact) mass is 640 g/mol. The topological polar surface area (TPSA) is 92.7 Å². The molecule has 0 N–H and O–H groups in total. The molecule has 4 aliphatic rings. The molecule has 7 rings (SSSR count). The van der Waals surface area contributed by atoms with Gasteiger partial charge in [0.05, 0.1) is 24.1 Å². The molecule has 0 aromatic heterocycles. The molecule has 4 bridgehead atoms. The van der Waals surface area contributed by atoms with E-state index in [0.29, 0.717) is 29.4 Å². The number of carboxylic acid groups (broad SMARTS) is 1. The van der Waals surface area contributed by atoms with E-state index < -0.39 is 22.3 Å². The first-order valence-corrected chi connectivity index (χ1v) is 17.5. The molecule has 46 heavy (non-hydrogen) atoms. The maximum absolute atomic E-state index is 14.0. The molecule has 0 amide bonds. The number of methoxy groups -OCH3 is 1. The SMILES string of the molecule is COc1cc(C(=O)[O-])c([S+](c2ccc(C(C)(C)C)cc2)c2ccc(C(C)(C)C)cc2)cc1OC(=O)C12CC3CC(C1)C(=O)C(C3)C2. The number of hydrogen-bond acceptors (Lipinski definition) is 6. The zero-order valence-electron chi connectivity index (χ0n) is 27.9. The molecule has 2 atom stereocenters. The number of Topliss-reactive ketones (excluding diaryl/α,β-unsaturated/α-hetero) is 1. The maximum atomic E-state index is 14.0. The highest BCUT2D eigenvalue weighted by molar-refractivity contribution is 7.97. The first kappa shape index (κ1) is 32.4. The molecule has 4 saturated carbocycles. The van der Waals surface area contributed by atoms with E-state index in [9.17, 15) is 19.5 Å². The van der Waals surface area contributed by atoms with Crippen LogP contribution < -0.4 is 14.6 Å². The number of esters is 1. The first-order valence-electron chi connectivity index (χ1n) is 16.2. The minimum atomic E-state index is -1.33. The van der Waals surface area contributed by atoms with Crippen LogP contribution in [0, 0.1) is 23.2 Å². The van der Waals surface area contributed by atoms with Crippen molar-refractivity contribution in [3.05, 3.63) is 77.4 Å². The standard InChI is InChI=1S/C39H44O6S/c1-37(2,3)26-8-12-28(13-9-26)46(29-14-10-27(11-15-29)38(4,5)6)33-19-32(31(44-7)18-30(33)35(41)42)45-36(43)39-20-23-16-24(21-39)34(40)25(17-23)22-39/h8-15,18-19,23-25H,16-17,20-22H2,1-7H3. The third-order valence-electron chi connectivity index (χ3n) is 10.2. The molecule has 0 saturated heterocycles. The lowest BCUT2D eigenvalue weighted by molar-refractivity contribution is -0.255. The predicted octanol–water partition coefficient (Wildman–Crippen LogP) is 7.05. The Morgan fingerprint density at radius 2 is 1.28 bits per heavy atom. The second kappa shape index (κ2) is 11.6. The van der Waals surface area contributed by atoms with E-state index in [1.165, 1.54) is 24.3 Å². The molecule has 4 fully saturated rings. The van der Waals surface area contributed by atoms with Crippen LogP contribution in [0.3, 0.4) is 0 Å². The molecular weight excluding hydrogens is 596 g/mol. The van der Waals surface area contributed by atoms with Crippen molar-refractivity contribution in [2.24, 2.45) is 23.2 Å². The summed E-state index contributed by atoms with van der Waals surface area (Å²) in [6, 6.07) is 19.7. The van der Waals surface area contributed by atoms with Gasteiger partial charge in [0.2, 0.25) is 0 Å². The lowest BCUT2D eigenvalue weighted by atomic mass is 9.49. The van der Waals surface area contributed by atoms with Gasteiger partial charge in [-0.1, -0.05) is 65.8 Å². The molecule has 0 spiro atoms. The Kier molecular flexibility index (Phi) is 8.15. The van der Waals surface area contributed by atoms with Crippen LogP contribution in [0.15, 0.2) is 75.4 Å². The van der Waals surface area contributed by atoms with Crippen molar-refractivity contribution < 1.29 is 29.0 Å². The van der Waals surface area contributed by atoms with Crippen LogP contribution in [0.5, 0.6) is 11.5 Å². The largest absolute Gasteiger partial charge is 0.545 e. The van der Waals surface area contributed by atoms with Crippen LogP contribution in [-0.4, -0.2) is 24.8 Å². The van der Waals surface area contributed by atoms with Crippen molar-refractivity contribution in [2.75, 3.05) is 7.11 Å². The fraction of sp³-hybridized carbons (Fsp3) is 0.462. The fourth-order valence-corrected chi connectivity index (χ4v) is 10.1. The average molecular weight is 641 g/mol. The summed E-state index contributed by atoms with van der Waals surface area (Å²) >= 11 is 0. The highest BCUT2D eigenvalue weighted by Crippen LogP contribution is 2.59. The zero-order chi connectivity index (χ0) is 33.2. The minimum absolute atomic E-state index is 0.0137. The molecule has 7 heteroatoms. The van der Waals surface area contributed by atoms with Crippen molar-refractivity contribution in [2.45, 2.75) is 99.2 Å². The van der Waals surface area contributed by atoms with Gasteiger partial charge in [0.25, 0.3) is 0 Å². The molecule has 0 aliphatic heterocycles. The summed E-state index contributed by atoms with van der Waals surface area (Å²) in [7, 11) is 0.556. The van der Waals surface area contributed by atoms with Gasteiger partial charge in [-0.05, 0) is 90.3 Å². The molecular formula is C39H44O6S.